The Hall–Kier alpha value is -3.03. The van der Waals surface area contributed by atoms with Crippen molar-refractivity contribution in [2.75, 3.05) is 0 Å². The summed E-state index contributed by atoms with van der Waals surface area (Å²) in [7, 11) is 0. The summed E-state index contributed by atoms with van der Waals surface area (Å²) in [6.07, 6.45) is 1.26. The van der Waals surface area contributed by atoms with Crippen LogP contribution in [0.2, 0.25) is 0 Å². The highest BCUT2D eigenvalue weighted by molar-refractivity contribution is 5.88. The van der Waals surface area contributed by atoms with Gasteiger partial charge in [-0.2, -0.15) is 0 Å². The van der Waals surface area contributed by atoms with Crippen molar-refractivity contribution in [2.45, 2.75) is 6.92 Å². The van der Waals surface area contributed by atoms with Gasteiger partial charge in [-0.05, 0) is 19.1 Å². The van der Waals surface area contributed by atoms with Crippen molar-refractivity contribution in [3.8, 4) is 11.6 Å². The molecule has 2 rings (SSSR count). The molecule has 0 aliphatic rings. The Morgan fingerprint density at radius 1 is 1.43 bits per heavy atom. The third-order valence-corrected chi connectivity index (χ3v) is 2.64. The van der Waals surface area contributed by atoms with Crippen LogP contribution in [0.4, 0.5) is 10.1 Å². The number of halogens is 1. The van der Waals surface area contributed by atoms with Crippen LogP contribution < -0.4 is 4.74 Å². The normalized spacial score (nSPS) is 10.2. The minimum Gasteiger partial charge on any atom is -0.478 e. The summed E-state index contributed by atoms with van der Waals surface area (Å²) in [5, 5.41) is 19.5. The third kappa shape index (κ3) is 3.11. The Bertz CT molecular complexity index is 732. The molecule has 0 bridgehead atoms. The average molecular weight is 292 g/mol. The molecule has 108 valence electrons. The number of nitrogens with zero attached hydrogens (tertiary/aromatic N) is 2. The number of carboxylic acids is 1. The molecule has 0 amide bonds. The van der Waals surface area contributed by atoms with Crippen LogP contribution in [0, 0.1) is 22.9 Å². The zero-order valence-corrected chi connectivity index (χ0v) is 10.7. The van der Waals surface area contributed by atoms with Crippen LogP contribution >= 0.6 is 0 Å². The summed E-state index contributed by atoms with van der Waals surface area (Å²) in [6.45, 7) is 1.52. The number of hydrogen-bond acceptors (Lipinski definition) is 5. The molecule has 0 unspecified atom stereocenters. The largest absolute Gasteiger partial charge is 0.478 e. The van der Waals surface area contributed by atoms with E-state index in [0.29, 0.717) is 5.56 Å². The number of nitro groups is 1. The molecule has 0 fully saturated rings. The fourth-order valence-electron chi connectivity index (χ4n) is 1.60. The topological polar surface area (TPSA) is 103 Å². The van der Waals surface area contributed by atoms with Gasteiger partial charge in [0, 0.05) is 17.8 Å². The van der Waals surface area contributed by atoms with Gasteiger partial charge in [-0.3, -0.25) is 10.1 Å². The number of benzene rings is 1. The van der Waals surface area contributed by atoms with Crippen molar-refractivity contribution >= 4 is 11.7 Å². The molecule has 0 radical (unpaired) electrons. The zero-order chi connectivity index (χ0) is 15.6. The fraction of sp³-hybridized carbons (Fsp3) is 0.0769. The van der Waals surface area contributed by atoms with Gasteiger partial charge in [0.2, 0.25) is 5.88 Å². The number of pyridine rings is 1. The van der Waals surface area contributed by atoms with E-state index in [0.717, 1.165) is 18.2 Å². The van der Waals surface area contributed by atoms with Crippen molar-refractivity contribution in [3.63, 3.8) is 0 Å². The van der Waals surface area contributed by atoms with Gasteiger partial charge in [0.1, 0.15) is 11.6 Å². The lowest BCUT2D eigenvalue weighted by Gasteiger charge is -2.06. The van der Waals surface area contributed by atoms with Crippen molar-refractivity contribution in [1.82, 2.24) is 4.98 Å². The molecule has 0 aliphatic carbocycles. The second kappa shape index (κ2) is 5.53. The first kappa shape index (κ1) is 14.4. The monoisotopic (exact) mass is 292 g/mol. The maximum Gasteiger partial charge on any atom is 0.338 e. The van der Waals surface area contributed by atoms with E-state index in [1.54, 1.807) is 0 Å². The van der Waals surface area contributed by atoms with E-state index in [-0.39, 0.29) is 17.3 Å². The molecule has 0 atom stereocenters. The Morgan fingerprint density at radius 2 is 2.14 bits per heavy atom. The second-order valence-electron chi connectivity index (χ2n) is 4.12. The van der Waals surface area contributed by atoms with Gasteiger partial charge >= 0.3 is 5.97 Å². The van der Waals surface area contributed by atoms with Crippen molar-refractivity contribution in [1.29, 1.82) is 0 Å². The Labute approximate surface area is 117 Å². The molecule has 21 heavy (non-hydrogen) atoms. The van der Waals surface area contributed by atoms with Crippen LogP contribution in [0.5, 0.6) is 11.6 Å². The quantitative estimate of drug-likeness (QED) is 0.686. The maximum atomic E-state index is 13.5. The second-order valence-corrected chi connectivity index (χ2v) is 4.12. The summed E-state index contributed by atoms with van der Waals surface area (Å²) < 4.78 is 18.7. The van der Waals surface area contributed by atoms with Gasteiger partial charge in [-0.1, -0.05) is 0 Å². The van der Waals surface area contributed by atoms with Crippen LogP contribution in [-0.2, 0) is 0 Å². The first-order valence-corrected chi connectivity index (χ1v) is 5.70. The number of carboxylic acid groups (broad SMARTS) is 1. The van der Waals surface area contributed by atoms with E-state index >= 15 is 0 Å². The fourth-order valence-corrected chi connectivity index (χ4v) is 1.60. The molecule has 0 saturated heterocycles. The first-order chi connectivity index (χ1) is 9.88. The van der Waals surface area contributed by atoms with Crippen LogP contribution in [0.25, 0.3) is 0 Å². The predicted molar refractivity (Wildman–Crippen MR) is 69.1 cm³/mol. The highest BCUT2D eigenvalue weighted by Crippen LogP contribution is 2.26. The van der Waals surface area contributed by atoms with Crippen molar-refractivity contribution in [3.05, 3.63) is 57.5 Å². The molecule has 1 aromatic carbocycles. The molecule has 0 spiro atoms. The molecular weight excluding hydrogens is 283 g/mol. The molecule has 7 nitrogen and oxygen atoms in total. The molecular formula is C13H9FN2O5. The smallest absolute Gasteiger partial charge is 0.338 e. The number of aromatic carboxylic acids is 1. The van der Waals surface area contributed by atoms with Crippen LogP contribution in [-0.4, -0.2) is 21.0 Å². The highest BCUT2D eigenvalue weighted by atomic mass is 19.1. The Kier molecular flexibility index (Phi) is 3.79. The highest BCUT2D eigenvalue weighted by Gasteiger charge is 2.15. The number of carbonyl (C=O) groups is 1. The molecule has 0 saturated carbocycles. The Morgan fingerprint density at radius 3 is 2.71 bits per heavy atom. The number of hydrogen-bond donors (Lipinski definition) is 1. The van der Waals surface area contributed by atoms with Crippen molar-refractivity contribution in [2.24, 2.45) is 0 Å². The first-order valence-electron chi connectivity index (χ1n) is 5.70. The summed E-state index contributed by atoms with van der Waals surface area (Å²) >= 11 is 0. The van der Waals surface area contributed by atoms with Crippen LogP contribution in [0.3, 0.4) is 0 Å². The lowest BCUT2D eigenvalue weighted by Crippen LogP contribution is -2.00. The maximum absolute atomic E-state index is 13.5. The number of ether oxygens (including phenoxy) is 1. The lowest BCUT2D eigenvalue weighted by atomic mass is 10.2. The van der Waals surface area contributed by atoms with E-state index in [4.69, 9.17) is 9.84 Å². The Balaban J connectivity index is 2.30. The molecule has 1 aromatic heterocycles. The van der Waals surface area contributed by atoms with Gasteiger partial charge in [-0.15, -0.1) is 0 Å². The molecule has 2 aromatic rings. The van der Waals surface area contributed by atoms with Crippen LogP contribution in [0.1, 0.15) is 15.9 Å². The van der Waals surface area contributed by atoms with Gasteiger partial charge in [0.15, 0.2) is 0 Å². The average Bonchev–Trinajstić information content (AvgIpc) is 2.40. The molecule has 1 heterocycles. The van der Waals surface area contributed by atoms with Crippen molar-refractivity contribution < 1.29 is 24.0 Å². The van der Waals surface area contributed by atoms with E-state index in [1.807, 2.05) is 0 Å². The van der Waals surface area contributed by atoms with Gasteiger partial charge in [-0.25, -0.2) is 14.2 Å². The number of aromatic nitrogens is 1. The number of aryl methyl sites for hydroxylation is 1. The zero-order valence-electron chi connectivity index (χ0n) is 10.7. The lowest BCUT2D eigenvalue weighted by molar-refractivity contribution is -0.385. The number of rotatable bonds is 4. The molecule has 1 N–H and O–H groups in total. The summed E-state index contributed by atoms with van der Waals surface area (Å²) in [5.41, 5.74) is -0.312. The van der Waals surface area contributed by atoms with Gasteiger partial charge < -0.3 is 9.84 Å². The van der Waals surface area contributed by atoms with E-state index in [9.17, 15) is 19.3 Å². The summed E-state index contributed by atoms with van der Waals surface area (Å²) in [4.78, 5) is 24.7. The van der Waals surface area contributed by atoms with Gasteiger partial charge in [0.25, 0.3) is 5.69 Å². The minimum absolute atomic E-state index is 0.0110. The summed E-state index contributed by atoms with van der Waals surface area (Å²) in [5.74, 6) is -2.47. The van der Waals surface area contributed by atoms with E-state index in [1.165, 1.54) is 19.2 Å². The predicted octanol–water partition coefficient (Wildman–Crippen LogP) is 2.93. The van der Waals surface area contributed by atoms with E-state index in [2.05, 4.69) is 4.98 Å². The molecule has 0 aliphatic heterocycles. The molecule has 8 heteroatoms. The van der Waals surface area contributed by atoms with E-state index < -0.39 is 22.3 Å². The third-order valence-electron chi connectivity index (χ3n) is 2.64. The minimum atomic E-state index is -1.40. The standard InChI is InChI=1S/C13H9FN2O5/c1-7-6-15-12(5-11(7)16(19)20)21-8-2-3-9(13(17)18)10(14)4-8/h2-6H,1H3,(H,17,18). The van der Waals surface area contributed by atoms with Crippen LogP contribution in [0.15, 0.2) is 30.5 Å². The summed E-state index contributed by atoms with van der Waals surface area (Å²) in [6, 6.07) is 4.25. The van der Waals surface area contributed by atoms with Gasteiger partial charge in [0.05, 0.1) is 16.6 Å². The SMILES string of the molecule is Cc1cnc(Oc2ccc(C(=O)O)c(F)c2)cc1[N+](=O)[O-].